The number of halogens is 1. The van der Waals surface area contributed by atoms with Gasteiger partial charge in [0, 0.05) is 36.4 Å². The fraction of sp³-hybridized carbons (Fsp3) is 0.222. The monoisotopic (exact) mass is 403 g/mol. The number of hydrogen-bond donors (Lipinski definition) is 0. The third-order valence-electron chi connectivity index (χ3n) is 3.79. The van der Waals surface area contributed by atoms with Crippen molar-refractivity contribution in [3.8, 4) is 0 Å². The lowest BCUT2D eigenvalue weighted by molar-refractivity contribution is 0.0998. The Balaban J connectivity index is 2.04. The van der Waals surface area contributed by atoms with Crippen LogP contribution in [-0.2, 0) is 6.54 Å². The predicted molar refractivity (Wildman–Crippen MR) is 104 cm³/mol. The summed E-state index contributed by atoms with van der Waals surface area (Å²) in [5.74, 6) is -0.215. The van der Waals surface area contributed by atoms with Crippen LogP contribution in [0.5, 0.6) is 0 Å². The Kier molecular flexibility index (Phi) is 4.87. The molecule has 0 saturated carbocycles. The van der Waals surface area contributed by atoms with Gasteiger partial charge >= 0.3 is 0 Å². The highest BCUT2D eigenvalue weighted by Gasteiger charge is 2.09. The van der Waals surface area contributed by atoms with E-state index in [1.807, 2.05) is 49.3 Å². The van der Waals surface area contributed by atoms with Crippen LogP contribution in [0.4, 0.5) is 5.69 Å². The summed E-state index contributed by atoms with van der Waals surface area (Å²) in [7, 11) is 3.95. The van der Waals surface area contributed by atoms with Gasteiger partial charge < -0.3 is 9.47 Å². The number of amides is 1. The highest BCUT2D eigenvalue weighted by Crippen LogP contribution is 2.22. The van der Waals surface area contributed by atoms with Gasteiger partial charge in [-0.25, -0.2) is 0 Å². The fourth-order valence-corrected chi connectivity index (χ4v) is 4.14. The van der Waals surface area contributed by atoms with Crippen molar-refractivity contribution in [1.82, 2.24) is 4.57 Å². The summed E-state index contributed by atoms with van der Waals surface area (Å²) < 4.78 is 4.20. The average Bonchev–Trinajstić information content (AvgIpc) is 2.90. The van der Waals surface area contributed by atoms with Crippen molar-refractivity contribution in [2.24, 2.45) is 4.99 Å². The SMILES string of the molecule is CCn1c(=NC(=O)c2ccc(N(C)C)cc2)sc2cc(Br)ccc21. The van der Waals surface area contributed by atoms with E-state index >= 15 is 0 Å². The van der Waals surface area contributed by atoms with Crippen molar-refractivity contribution >= 4 is 49.1 Å². The van der Waals surface area contributed by atoms with Crippen molar-refractivity contribution in [2.75, 3.05) is 19.0 Å². The van der Waals surface area contributed by atoms with Crippen LogP contribution in [0.2, 0.25) is 0 Å². The van der Waals surface area contributed by atoms with Crippen LogP contribution in [-0.4, -0.2) is 24.6 Å². The first kappa shape index (κ1) is 16.9. The molecule has 0 unspecified atom stereocenters. The molecular weight excluding hydrogens is 386 g/mol. The van der Waals surface area contributed by atoms with Crippen molar-refractivity contribution in [1.29, 1.82) is 0 Å². The zero-order valence-corrected chi connectivity index (χ0v) is 16.2. The highest BCUT2D eigenvalue weighted by molar-refractivity contribution is 9.10. The molecule has 124 valence electrons. The Morgan fingerprint density at radius 1 is 1.21 bits per heavy atom. The van der Waals surface area contributed by atoms with E-state index in [9.17, 15) is 4.79 Å². The maximum atomic E-state index is 12.5. The van der Waals surface area contributed by atoms with Gasteiger partial charge in [-0.2, -0.15) is 4.99 Å². The maximum Gasteiger partial charge on any atom is 0.279 e. The second-order valence-corrected chi connectivity index (χ2v) is 7.52. The average molecular weight is 404 g/mol. The van der Waals surface area contributed by atoms with Gasteiger partial charge in [-0.3, -0.25) is 4.79 Å². The van der Waals surface area contributed by atoms with Crippen molar-refractivity contribution in [2.45, 2.75) is 13.5 Å². The molecule has 6 heteroatoms. The molecule has 0 aliphatic heterocycles. The maximum absolute atomic E-state index is 12.5. The minimum absolute atomic E-state index is 0.215. The Hall–Kier alpha value is -1.92. The molecule has 1 aromatic heterocycles. The standard InChI is InChI=1S/C18H18BrN3OS/c1-4-22-15-10-7-13(19)11-16(15)24-18(22)20-17(23)12-5-8-14(9-6-12)21(2)3/h5-11H,4H2,1-3H3. The van der Waals surface area contributed by atoms with Crippen LogP contribution in [0.1, 0.15) is 17.3 Å². The van der Waals surface area contributed by atoms with E-state index in [0.717, 1.165) is 31.7 Å². The van der Waals surface area contributed by atoms with Crippen LogP contribution >= 0.6 is 27.3 Å². The topological polar surface area (TPSA) is 37.6 Å². The van der Waals surface area contributed by atoms with Gasteiger partial charge in [-0.15, -0.1) is 0 Å². The zero-order valence-electron chi connectivity index (χ0n) is 13.8. The normalized spacial score (nSPS) is 11.9. The lowest BCUT2D eigenvalue weighted by atomic mass is 10.2. The van der Waals surface area contributed by atoms with E-state index in [4.69, 9.17) is 0 Å². The first-order chi connectivity index (χ1) is 11.5. The van der Waals surface area contributed by atoms with Crippen molar-refractivity contribution < 1.29 is 4.79 Å². The summed E-state index contributed by atoms with van der Waals surface area (Å²) in [5.41, 5.74) is 2.75. The molecular formula is C18H18BrN3OS. The molecule has 0 spiro atoms. The number of aryl methyl sites for hydroxylation is 1. The van der Waals surface area contributed by atoms with E-state index < -0.39 is 0 Å². The number of anilines is 1. The Morgan fingerprint density at radius 2 is 1.92 bits per heavy atom. The second kappa shape index (κ2) is 6.91. The van der Waals surface area contributed by atoms with Crippen LogP contribution in [0.25, 0.3) is 10.2 Å². The lowest BCUT2D eigenvalue weighted by Gasteiger charge is -2.11. The Morgan fingerprint density at radius 3 is 2.54 bits per heavy atom. The number of carbonyl (C=O) groups is 1. The lowest BCUT2D eigenvalue weighted by Crippen LogP contribution is -2.16. The summed E-state index contributed by atoms with van der Waals surface area (Å²) in [6.45, 7) is 2.83. The molecule has 0 N–H and O–H groups in total. The molecule has 1 amide bonds. The molecule has 0 radical (unpaired) electrons. The first-order valence-electron chi connectivity index (χ1n) is 7.65. The molecule has 2 aromatic carbocycles. The molecule has 0 saturated heterocycles. The number of benzene rings is 2. The quantitative estimate of drug-likeness (QED) is 0.653. The minimum atomic E-state index is -0.215. The molecule has 24 heavy (non-hydrogen) atoms. The largest absolute Gasteiger partial charge is 0.378 e. The number of carbonyl (C=O) groups excluding carboxylic acids is 1. The van der Waals surface area contributed by atoms with Gasteiger partial charge in [0.15, 0.2) is 4.80 Å². The highest BCUT2D eigenvalue weighted by atomic mass is 79.9. The zero-order chi connectivity index (χ0) is 17.3. The second-order valence-electron chi connectivity index (χ2n) is 5.60. The molecule has 0 aliphatic carbocycles. The number of rotatable bonds is 3. The molecule has 0 bridgehead atoms. The number of fused-ring (bicyclic) bond motifs is 1. The molecule has 3 rings (SSSR count). The van der Waals surface area contributed by atoms with Gasteiger partial charge in [0.1, 0.15) is 0 Å². The summed E-state index contributed by atoms with van der Waals surface area (Å²) >= 11 is 5.02. The van der Waals surface area contributed by atoms with Crippen LogP contribution in [0, 0.1) is 0 Å². The van der Waals surface area contributed by atoms with E-state index in [1.54, 1.807) is 0 Å². The third kappa shape index (κ3) is 3.30. The smallest absolute Gasteiger partial charge is 0.279 e. The number of thiazole rings is 1. The molecule has 0 aliphatic rings. The van der Waals surface area contributed by atoms with E-state index in [-0.39, 0.29) is 5.91 Å². The fourth-order valence-electron chi connectivity index (χ4n) is 2.49. The molecule has 3 aromatic rings. The molecule has 1 heterocycles. The minimum Gasteiger partial charge on any atom is -0.378 e. The third-order valence-corrected chi connectivity index (χ3v) is 5.32. The van der Waals surface area contributed by atoms with E-state index in [0.29, 0.717) is 5.56 Å². The van der Waals surface area contributed by atoms with Crippen LogP contribution in [0.15, 0.2) is 51.9 Å². The Bertz CT molecular complexity index is 955. The summed E-state index contributed by atoms with van der Waals surface area (Å²) in [6, 6.07) is 13.6. The predicted octanol–water partition coefficient (Wildman–Crippen LogP) is 4.29. The van der Waals surface area contributed by atoms with E-state index in [2.05, 4.69) is 44.5 Å². The van der Waals surface area contributed by atoms with Crippen LogP contribution < -0.4 is 9.70 Å². The first-order valence-corrected chi connectivity index (χ1v) is 9.26. The van der Waals surface area contributed by atoms with Gasteiger partial charge in [-0.05, 0) is 49.4 Å². The molecule has 0 atom stereocenters. The number of aromatic nitrogens is 1. The van der Waals surface area contributed by atoms with Gasteiger partial charge in [0.05, 0.1) is 10.2 Å². The molecule has 4 nitrogen and oxygen atoms in total. The number of hydrogen-bond acceptors (Lipinski definition) is 3. The van der Waals surface area contributed by atoms with Crippen molar-refractivity contribution in [3.05, 3.63) is 57.3 Å². The number of nitrogens with zero attached hydrogens (tertiary/aromatic N) is 3. The van der Waals surface area contributed by atoms with Gasteiger partial charge in [0.25, 0.3) is 5.91 Å². The van der Waals surface area contributed by atoms with Crippen LogP contribution in [0.3, 0.4) is 0 Å². The van der Waals surface area contributed by atoms with Crippen molar-refractivity contribution in [3.63, 3.8) is 0 Å². The summed E-state index contributed by atoms with van der Waals surface area (Å²) in [4.78, 5) is 19.6. The van der Waals surface area contributed by atoms with E-state index in [1.165, 1.54) is 11.3 Å². The summed E-state index contributed by atoms with van der Waals surface area (Å²) in [6.07, 6.45) is 0. The van der Waals surface area contributed by atoms with Gasteiger partial charge in [-0.1, -0.05) is 27.3 Å². The summed E-state index contributed by atoms with van der Waals surface area (Å²) in [5, 5.41) is 0. The Labute approximate surface area is 153 Å². The molecule has 0 fully saturated rings. The van der Waals surface area contributed by atoms with Gasteiger partial charge in [0.2, 0.25) is 0 Å².